The number of hydrogen-bond donors (Lipinski definition) is 1. The summed E-state index contributed by atoms with van der Waals surface area (Å²) < 4.78 is 0. The summed E-state index contributed by atoms with van der Waals surface area (Å²) >= 11 is 0. The van der Waals surface area contributed by atoms with Crippen molar-refractivity contribution in [2.75, 3.05) is 26.7 Å². The van der Waals surface area contributed by atoms with Gasteiger partial charge in [0.2, 0.25) is 0 Å². The lowest BCUT2D eigenvalue weighted by Crippen LogP contribution is -2.50. The Morgan fingerprint density at radius 1 is 1.17 bits per heavy atom. The largest absolute Gasteiger partial charge is 0.358 e. The third kappa shape index (κ3) is 2.45. The van der Waals surface area contributed by atoms with E-state index >= 15 is 0 Å². The van der Waals surface area contributed by atoms with E-state index in [0.717, 1.165) is 12.0 Å². The second-order valence-electron chi connectivity index (χ2n) is 5.79. The van der Waals surface area contributed by atoms with Crippen LogP contribution in [0.4, 0.5) is 0 Å². The van der Waals surface area contributed by atoms with Gasteiger partial charge in [-0.3, -0.25) is 9.89 Å². The molecule has 3 rings (SSSR count). The number of allylic oxidation sites excluding steroid dienone is 1. The fraction of sp³-hybridized carbons (Fsp3) is 0.786. The minimum atomic E-state index is 0.183. The molecule has 2 saturated heterocycles. The van der Waals surface area contributed by atoms with E-state index in [1.54, 1.807) is 0 Å². The van der Waals surface area contributed by atoms with Crippen molar-refractivity contribution in [3.8, 4) is 0 Å². The average molecular weight is 248 g/mol. The fourth-order valence-corrected chi connectivity index (χ4v) is 3.58. The predicted molar refractivity (Wildman–Crippen MR) is 74.5 cm³/mol. The van der Waals surface area contributed by atoms with Gasteiger partial charge in [0, 0.05) is 25.0 Å². The van der Waals surface area contributed by atoms with E-state index in [1.807, 2.05) is 18.5 Å². The Labute approximate surface area is 110 Å². The monoisotopic (exact) mass is 248 g/mol. The van der Waals surface area contributed by atoms with Crippen molar-refractivity contribution in [3.05, 3.63) is 12.3 Å². The number of aliphatic imine (C=N–C) groups is 1. The maximum Gasteiger partial charge on any atom is 0.176 e. The first-order chi connectivity index (χ1) is 8.84. The van der Waals surface area contributed by atoms with Crippen molar-refractivity contribution in [1.82, 2.24) is 15.1 Å². The van der Waals surface area contributed by atoms with Crippen LogP contribution in [-0.2, 0) is 0 Å². The van der Waals surface area contributed by atoms with E-state index in [9.17, 15) is 0 Å². The van der Waals surface area contributed by atoms with Gasteiger partial charge in [0.25, 0.3) is 0 Å². The third-order valence-corrected chi connectivity index (χ3v) is 4.62. The molecule has 0 amide bonds. The minimum absolute atomic E-state index is 0.183. The molecule has 3 aliphatic rings. The molecule has 0 radical (unpaired) electrons. The third-order valence-electron chi connectivity index (χ3n) is 4.62. The van der Waals surface area contributed by atoms with Gasteiger partial charge in [-0.1, -0.05) is 0 Å². The lowest BCUT2D eigenvalue weighted by atomic mass is 9.88. The number of hydrogen-bond acceptors (Lipinski definition) is 4. The van der Waals surface area contributed by atoms with Crippen LogP contribution < -0.4 is 5.32 Å². The predicted octanol–water partition coefficient (Wildman–Crippen LogP) is 1.26. The van der Waals surface area contributed by atoms with Crippen LogP contribution in [0.15, 0.2) is 17.3 Å². The van der Waals surface area contributed by atoms with E-state index < -0.39 is 0 Å². The number of piperidine rings is 1. The average Bonchev–Trinajstić information content (AvgIpc) is 2.90. The molecule has 2 atom stereocenters. The molecule has 1 unspecified atom stereocenters. The minimum Gasteiger partial charge on any atom is -0.358 e. The zero-order valence-corrected chi connectivity index (χ0v) is 11.3. The van der Waals surface area contributed by atoms with Crippen molar-refractivity contribution < 1.29 is 0 Å². The van der Waals surface area contributed by atoms with Gasteiger partial charge in [-0.2, -0.15) is 0 Å². The highest BCUT2D eigenvalue weighted by molar-refractivity contribution is 5.71. The molecule has 4 nitrogen and oxygen atoms in total. The Hall–Kier alpha value is -0.870. The van der Waals surface area contributed by atoms with Crippen LogP contribution >= 0.6 is 0 Å². The number of nitrogens with one attached hydrogen (secondary N) is 1. The SMILES string of the molecule is CN1CCC([C@@H]2CCCN2C2N=CC=CN2)CC1. The number of nitrogens with zero attached hydrogens (tertiary/aromatic N) is 3. The first-order valence-corrected chi connectivity index (χ1v) is 7.23. The topological polar surface area (TPSA) is 30.9 Å². The Kier molecular flexibility index (Phi) is 3.66. The molecule has 0 saturated carbocycles. The summed E-state index contributed by atoms with van der Waals surface area (Å²) in [5.74, 6) is 0.867. The molecule has 0 aromatic carbocycles. The first-order valence-electron chi connectivity index (χ1n) is 7.23. The Morgan fingerprint density at radius 3 is 2.72 bits per heavy atom. The van der Waals surface area contributed by atoms with Crippen molar-refractivity contribution >= 4 is 6.21 Å². The van der Waals surface area contributed by atoms with Gasteiger partial charge >= 0.3 is 0 Å². The summed E-state index contributed by atoms with van der Waals surface area (Å²) in [6.45, 7) is 3.71. The van der Waals surface area contributed by atoms with Crippen molar-refractivity contribution in [1.29, 1.82) is 0 Å². The second kappa shape index (κ2) is 5.41. The van der Waals surface area contributed by atoms with Gasteiger partial charge in [-0.25, -0.2) is 0 Å². The molecule has 2 fully saturated rings. The van der Waals surface area contributed by atoms with Gasteiger partial charge in [0.15, 0.2) is 6.29 Å². The number of likely N-dealkylation sites (tertiary alicyclic amines) is 2. The summed E-state index contributed by atoms with van der Waals surface area (Å²) in [7, 11) is 2.24. The Bertz CT molecular complexity index is 331. The molecule has 18 heavy (non-hydrogen) atoms. The molecule has 0 aromatic heterocycles. The normalized spacial score (nSPS) is 34.9. The van der Waals surface area contributed by atoms with Gasteiger partial charge in [0.05, 0.1) is 0 Å². The van der Waals surface area contributed by atoms with Crippen LogP contribution in [0, 0.1) is 5.92 Å². The summed E-state index contributed by atoms with van der Waals surface area (Å²) in [6, 6.07) is 0.736. The molecule has 3 heterocycles. The summed E-state index contributed by atoms with van der Waals surface area (Å²) in [6.07, 6.45) is 11.5. The quantitative estimate of drug-likeness (QED) is 0.798. The molecule has 0 aromatic rings. The highest BCUT2D eigenvalue weighted by atomic mass is 15.4. The maximum atomic E-state index is 4.56. The molecular weight excluding hydrogens is 224 g/mol. The molecular formula is C14H24N4. The molecule has 0 spiro atoms. The van der Waals surface area contributed by atoms with Crippen LogP contribution in [0.3, 0.4) is 0 Å². The zero-order valence-electron chi connectivity index (χ0n) is 11.3. The Balaban J connectivity index is 1.64. The van der Waals surface area contributed by atoms with E-state index in [-0.39, 0.29) is 6.29 Å². The second-order valence-corrected chi connectivity index (χ2v) is 5.79. The van der Waals surface area contributed by atoms with E-state index in [4.69, 9.17) is 0 Å². The van der Waals surface area contributed by atoms with Crippen LogP contribution in [0.25, 0.3) is 0 Å². The molecule has 1 N–H and O–H groups in total. The highest BCUT2D eigenvalue weighted by Crippen LogP contribution is 2.32. The standard InChI is InChI=1S/C14H24N4/c1-17-10-5-12(6-11-17)13-4-2-9-18(13)14-15-7-3-8-16-14/h3,7-8,12-15H,2,4-6,9-11H2,1H3/t13-,14?/m0/s1. The first kappa shape index (κ1) is 12.2. The highest BCUT2D eigenvalue weighted by Gasteiger charge is 2.36. The lowest BCUT2D eigenvalue weighted by Gasteiger charge is -2.39. The lowest BCUT2D eigenvalue weighted by molar-refractivity contribution is 0.0880. The van der Waals surface area contributed by atoms with Crippen molar-refractivity contribution in [2.24, 2.45) is 10.9 Å². The van der Waals surface area contributed by atoms with Crippen LogP contribution in [0.1, 0.15) is 25.7 Å². The fourth-order valence-electron chi connectivity index (χ4n) is 3.58. The van der Waals surface area contributed by atoms with E-state index in [1.165, 1.54) is 45.3 Å². The Morgan fingerprint density at radius 2 is 2.00 bits per heavy atom. The summed E-state index contributed by atoms with van der Waals surface area (Å²) in [5.41, 5.74) is 0. The maximum absolute atomic E-state index is 4.56. The van der Waals surface area contributed by atoms with Crippen LogP contribution in [0.2, 0.25) is 0 Å². The van der Waals surface area contributed by atoms with Gasteiger partial charge < -0.3 is 10.2 Å². The smallest absolute Gasteiger partial charge is 0.176 e. The summed E-state index contributed by atoms with van der Waals surface area (Å²) in [4.78, 5) is 9.60. The molecule has 100 valence electrons. The van der Waals surface area contributed by atoms with E-state index in [2.05, 4.69) is 27.2 Å². The molecule has 3 aliphatic heterocycles. The zero-order chi connectivity index (χ0) is 12.4. The molecule has 0 bridgehead atoms. The van der Waals surface area contributed by atoms with Gasteiger partial charge in [-0.05, 0) is 57.8 Å². The molecule has 0 aliphatic carbocycles. The van der Waals surface area contributed by atoms with Gasteiger partial charge in [-0.15, -0.1) is 0 Å². The van der Waals surface area contributed by atoms with Crippen molar-refractivity contribution in [2.45, 2.75) is 38.0 Å². The van der Waals surface area contributed by atoms with E-state index in [0.29, 0.717) is 0 Å². The van der Waals surface area contributed by atoms with Crippen molar-refractivity contribution in [3.63, 3.8) is 0 Å². The van der Waals surface area contributed by atoms with Crippen LogP contribution in [0.5, 0.6) is 0 Å². The van der Waals surface area contributed by atoms with Gasteiger partial charge in [0.1, 0.15) is 0 Å². The van der Waals surface area contributed by atoms with Crippen LogP contribution in [-0.4, -0.2) is 55.0 Å². The molecule has 4 heteroatoms. The number of rotatable bonds is 2. The summed E-state index contributed by atoms with van der Waals surface area (Å²) in [5, 5.41) is 3.38.